The third kappa shape index (κ3) is 4.81. The Hall–Kier alpha value is -3.29. The first-order chi connectivity index (χ1) is 18.0. The van der Waals surface area contributed by atoms with Gasteiger partial charge in [0, 0.05) is 37.3 Å². The van der Waals surface area contributed by atoms with E-state index in [-0.39, 0.29) is 29.9 Å². The fourth-order valence-electron chi connectivity index (χ4n) is 4.40. The Labute approximate surface area is 225 Å². The number of carbonyl (C=O) groups excluding carboxylic acids is 1. The smallest absolute Gasteiger partial charge is 0.243 e. The van der Waals surface area contributed by atoms with E-state index in [0.717, 1.165) is 0 Å². The Morgan fingerprint density at radius 1 is 1.11 bits per heavy atom. The summed E-state index contributed by atoms with van der Waals surface area (Å²) in [4.78, 5) is 20.6. The summed E-state index contributed by atoms with van der Waals surface area (Å²) in [5.74, 6) is 0.993. The molecule has 12 nitrogen and oxygen atoms in total. The third-order valence-corrected chi connectivity index (χ3v) is 8.79. The van der Waals surface area contributed by atoms with Crippen LogP contribution in [0.5, 0.6) is 11.5 Å². The van der Waals surface area contributed by atoms with Crippen molar-refractivity contribution in [1.82, 2.24) is 24.7 Å². The molecule has 0 spiro atoms. The predicted molar refractivity (Wildman–Crippen MR) is 139 cm³/mol. The van der Waals surface area contributed by atoms with Gasteiger partial charge in [-0.05, 0) is 19.1 Å². The molecule has 4 rings (SSSR count). The van der Waals surface area contributed by atoms with Gasteiger partial charge in [0.05, 0.1) is 19.2 Å². The largest absolute Gasteiger partial charge is 0.494 e. The molecule has 0 radical (unpaired) electrons. The molecule has 1 aliphatic rings. The molecule has 204 valence electrons. The number of para-hydroxylation sites is 1. The minimum absolute atomic E-state index is 0.0747. The molecule has 3 aromatic rings. The molecular weight excluding hydrogens is 536 g/mol. The zero-order valence-corrected chi connectivity index (χ0v) is 23.4. The lowest BCUT2D eigenvalue weighted by Crippen LogP contribution is -2.44. The molecule has 14 heteroatoms. The van der Waals surface area contributed by atoms with Crippen molar-refractivity contribution < 1.29 is 27.4 Å². The van der Waals surface area contributed by atoms with Crippen LogP contribution in [-0.4, -0.2) is 65.5 Å². The first-order valence-electron chi connectivity index (χ1n) is 11.7. The van der Waals surface area contributed by atoms with Gasteiger partial charge in [-0.3, -0.25) is 14.1 Å². The lowest BCUT2D eigenvalue weighted by molar-refractivity contribution is -0.138. The van der Waals surface area contributed by atoms with E-state index in [1.54, 1.807) is 18.2 Å². The highest BCUT2D eigenvalue weighted by Crippen LogP contribution is 2.50. The number of ether oxygens (including phenoxy) is 3. The van der Waals surface area contributed by atoms with Gasteiger partial charge in [-0.1, -0.05) is 31.5 Å². The van der Waals surface area contributed by atoms with Crippen LogP contribution in [-0.2, 0) is 19.6 Å². The van der Waals surface area contributed by atoms with Crippen molar-refractivity contribution in [2.24, 2.45) is 5.41 Å². The SMILES string of the molecule is COc1cccc(OC)c1-n1c(NS(=O)(=O)C(C)C(OC)c2ncc(Cl)cn2)nnc1[C@H]1CC(=O)C1(C)C. The van der Waals surface area contributed by atoms with Gasteiger partial charge in [-0.25, -0.2) is 18.4 Å². The van der Waals surface area contributed by atoms with Gasteiger partial charge in [0.15, 0.2) is 5.82 Å². The number of hydrogen-bond donors (Lipinski definition) is 1. The van der Waals surface area contributed by atoms with Crippen LogP contribution in [0.4, 0.5) is 5.95 Å². The van der Waals surface area contributed by atoms with Crippen LogP contribution in [0.2, 0.25) is 5.02 Å². The van der Waals surface area contributed by atoms with E-state index in [4.69, 9.17) is 25.8 Å². The highest BCUT2D eigenvalue weighted by atomic mass is 35.5. The van der Waals surface area contributed by atoms with E-state index in [0.29, 0.717) is 28.0 Å². The predicted octanol–water partition coefficient (Wildman–Crippen LogP) is 3.33. The van der Waals surface area contributed by atoms with Gasteiger partial charge in [-0.15, -0.1) is 10.2 Å². The fourth-order valence-corrected chi connectivity index (χ4v) is 5.63. The van der Waals surface area contributed by atoms with Crippen LogP contribution in [0.3, 0.4) is 0 Å². The second kappa shape index (κ2) is 10.5. The van der Waals surface area contributed by atoms with E-state index in [1.165, 1.54) is 45.2 Å². The number of methoxy groups -OCH3 is 3. The van der Waals surface area contributed by atoms with Gasteiger partial charge in [0.25, 0.3) is 0 Å². The first kappa shape index (κ1) is 27.7. The molecule has 1 N–H and O–H groups in total. The normalized spacial score (nSPS) is 18.4. The molecule has 1 fully saturated rings. The van der Waals surface area contributed by atoms with Gasteiger partial charge < -0.3 is 14.2 Å². The van der Waals surface area contributed by atoms with Crippen LogP contribution in [0.25, 0.3) is 5.69 Å². The molecule has 2 heterocycles. The zero-order chi connectivity index (χ0) is 27.8. The molecule has 2 aromatic heterocycles. The Kier molecular flexibility index (Phi) is 7.64. The number of nitrogens with zero attached hydrogens (tertiary/aromatic N) is 5. The van der Waals surface area contributed by atoms with Crippen molar-refractivity contribution in [3.63, 3.8) is 0 Å². The molecule has 0 bridgehead atoms. The minimum Gasteiger partial charge on any atom is -0.494 e. The molecule has 38 heavy (non-hydrogen) atoms. The van der Waals surface area contributed by atoms with Crippen LogP contribution in [0.15, 0.2) is 30.6 Å². The van der Waals surface area contributed by atoms with Crippen molar-refractivity contribution in [3.05, 3.63) is 47.3 Å². The molecule has 3 atom stereocenters. The number of aromatic nitrogens is 5. The number of carbonyl (C=O) groups is 1. The average Bonchev–Trinajstić information content (AvgIpc) is 3.29. The monoisotopic (exact) mass is 564 g/mol. The maximum Gasteiger partial charge on any atom is 0.243 e. The number of Topliss-reactive ketones (excluding diaryl/α,β-unsaturated/α-hetero) is 1. The van der Waals surface area contributed by atoms with Crippen molar-refractivity contribution in [1.29, 1.82) is 0 Å². The number of sulfonamides is 1. The number of halogens is 1. The number of rotatable bonds is 10. The van der Waals surface area contributed by atoms with Crippen LogP contribution < -0.4 is 14.2 Å². The van der Waals surface area contributed by atoms with E-state index >= 15 is 0 Å². The zero-order valence-electron chi connectivity index (χ0n) is 21.8. The molecule has 1 aliphatic carbocycles. The average molecular weight is 565 g/mol. The van der Waals surface area contributed by atoms with E-state index < -0.39 is 26.8 Å². The lowest BCUT2D eigenvalue weighted by Gasteiger charge is -2.41. The molecule has 1 aromatic carbocycles. The molecule has 2 unspecified atom stereocenters. The van der Waals surface area contributed by atoms with Gasteiger partial charge in [0.1, 0.15) is 40.1 Å². The van der Waals surface area contributed by atoms with Gasteiger partial charge in [0.2, 0.25) is 16.0 Å². The van der Waals surface area contributed by atoms with E-state index in [9.17, 15) is 13.2 Å². The highest BCUT2D eigenvalue weighted by molar-refractivity contribution is 7.93. The van der Waals surface area contributed by atoms with Crippen molar-refractivity contribution in [2.75, 3.05) is 26.1 Å². The second-order valence-corrected chi connectivity index (χ2v) is 11.9. The summed E-state index contributed by atoms with van der Waals surface area (Å²) in [5.41, 5.74) is -0.321. The Bertz CT molecular complexity index is 1420. The van der Waals surface area contributed by atoms with Crippen LogP contribution in [0, 0.1) is 5.41 Å². The highest BCUT2D eigenvalue weighted by Gasteiger charge is 2.51. The minimum atomic E-state index is -4.15. The number of benzene rings is 1. The van der Waals surface area contributed by atoms with E-state index in [1.807, 2.05) is 13.8 Å². The van der Waals surface area contributed by atoms with Crippen molar-refractivity contribution in [3.8, 4) is 17.2 Å². The van der Waals surface area contributed by atoms with Crippen molar-refractivity contribution in [2.45, 2.75) is 44.5 Å². The summed E-state index contributed by atoms with van der Waals surface area (Å²) in [6.45, 7) is 5.11. The van der Waals surface area contributed by atoms with E-state index in [2.05, 4.69) is 24.9 Å². The summed E-state index contributed by atoms with van der Waals surface area (Å²) in [6.07, 6.45) is 1.96. The molecule has 0 aliphatic heterocycles. The van der Waals surface area contributed by atoms with Crippen LogP contribution in [0.1, 0.15) is 50.9 Å². The number of hydrogen-bond acceptors (Lipinski definition) is 10. The Balaban J connectivity index is 1.81. The lowest BCUT2D eigenvalue weighted by atomic mass is 9.61. The molecule has 0 amide bonds. The maximum atomic E-state index is 13.6. The summed E-state index contributed by atoms with van der Waals surface area (Å²) < 4.78 is 47.9. The standard InChI is InChI=1S/C24H29ClN6O6S/c1-13(20(37-6)21-26-11-14(25)12-27-21)38(33,34)30-23-29-28-22(15-10-18(32)24(15,2)3)31(23)19-16(35-4)8-7-9-17(19)36-5/h7-9,11-13,15,20H,10H2,1-6H3,(H,29,30)/t13?,15-,20?/m1/s1. The van der Waals surface area contributed by atoms with Gasteiger partial charge >= 0.3 is 0 Å². The molecule has 1 saturated carbocycles. The maximum absolute atomic E-state index is 13.6. The fraction of sp³-hybridized carbons (Fsp3) is 0.458. The topological polar surface area (TPSA) is 147 Å². The Morgan fingerprint density at radius 3 is 2.21 bits per heavy atom. The summed E-state index contributed by atoms with van der Waals surface area (Å²) in [7, 11) is 0.186. The summed E-state index contributed by atoms with van der Waals surface area (Å²) >= 11 is 5.88. The summed E-state index contributed by atoms with van der Waals surface area (Å²) in [5, 5.41) is 7.67. The quantitative estimate of drug-likeness (QED) is 0.388. The Morgan fingerprint density at radius 2 is 1.71 bits per heavy atom. The van der Waals surface area contributed by atoms with Crippen LogP contribution >= 0.6 is 11.6 Å². The molecular formula is C24H29ClN6O6S. The number of nitrogens with one attached hydrogen (secondary N) is 1. The third-order valence-electron chi connectivity index (χ3n) is 6.90. The number of ketones is 1. The summed E-state index contributed by atoms with van der Waals surface area (Å²) in [6, 6.07) is 5.15. The molecule has 0 saturated heterocycles. The number of anilines is 1. The second-order valence-electron chi connectivity index (χ2n) is 9.40. The first-order valence-corrected chi connectivity index (χ1v) is 13.6. The van der Waals surface area contributed by atoms with Crippen molar-refractivity contribution >= 4 is 33.4 Å². The van der Waals surface area contributed by atoms with Gasteiger partial charge in [-0.2, -0.15) is 0 Å².